The first-order valence-corrected chi connectivity index (χ1v) is 5.49. The van der Waals surface area contributed by atoms with Gasteiger partial charge >= 0.3 is 0 Å². The Bertz CT molecular complexity index is 575. The first-order valence-electron chi connectivity index (χ1n) is 5.49. The topological polar surface area (TPSA) is 74.5 Å². The highest BCUT2D eigenvalue weighted by atomic mass is 16.3. The van der Waals surface area contributed by atoms with Crippen molar-refractivity contribution in [2.24, 2.45) is 7.05 Å². The van der Waals surface area contributed by atoms with Crippen LogP contribution in [-0.4, -0.2) is 20.7 Å². The van der Waals surface area contributed by atoms with Crippen molar-refractivity contribution in [2.45, 2.75) is 6.54 Å². The van der Waals surface area contributed by atoms with Crippen LogP contribution in [0.2, 0.25) is 0 Å². The van der Waals surface area contributed by atoms with E-state index in [0.29, 0.717) is 6.54 Å². The molecule has 1 amide bonds. The maximum Gasteiger partial charge on any atom is 0.255 e. The van der Waals surface area contributed by atoms with Crippen molar-refractivity contribution in [1.82, 2.24) is 9.88 Å². The zero-order chi connectivity index (χ0) is 13.1. The maximum absolute atomic E-state index is 11.8. The Morgan fingerprint density at radius 1 is 1.28 bits per heavy atom. The van der Waals surface area contributed by atoms with Crippen LogP contribution in [0.1, 0.15) is 16.1 Å². The van der Waals surface area contributed by atoms with Gasteiger partial charge < -0.3 is 20.1 Å². The van der Waals surface area contributed by atoms with Gasteiger partial charge in [0.2, 0.25) is 0 Å². The Kier molecular flexibility index (Phi) is 3.23. The fourth-order valence-electron chi connectivity index (χ4n) is 1.66. The van der Waals surface area contributed by atoms with Crippen molar-refractivity contribution in [3.63, 3.8) is 0 Å². The average molecular weight is 246 g/mol. The van der Waals surface area contributed by atoms with E-state index in [9.17, 15) is 15.0 Å². The zero-order valence-corrected chi connectivity index (χ0v) is 9.92. The molecule has 0 atom stereocenters. The van der Waals surface area contributed by atoms with Crippen LogP contribution in [0, 0.1) is 0 Å². The maximum atomic E-state index is 11.8. The summed E-state index contributed by atoms with van der Waals surface area (Å²) in [6.07, 6.45) is 1.88. The minimum absolute atomic E-state index is 0.0595. The molecule has 1 heterocycles. The van der Waals surface area contributed by atoms with Crippen molar-refractivity contribution in [2.75, 3.05) is 0 Å². The van der Waals surface area contributed by atoms with E-state index in [1.165, 1.54) is 18.2 Å². The van der Waals surface area contributed by atoms with Crippen molar-refractivity contribution in [1.29, 1.82) is 0 Å². The van der Waals surface area contributed by atoms with Crippen LogP contribution in [0.4, 0.5) is 0 Å². The number of phenols is 2. The average Bonchev–Trinajstić information content (AvgIpc) is 2.75. The van der Waals surface area contributed by atoms with Gasteiger partial charge in [0, 0.05) is 18.9 Å². The molecule has 0 aliphatic carbocycles. The molecule has 1 aromatic carbocycles. The number of amides is 1. The fraction of sp³-hybridized carbons (Fsp3) is 0.154. The van der Waals surface area contributed by atoms with Crippen LogP contribution in [0.15, 0.2) is 36.5 Å². The highest BCUT2D eigenvalue weighted by Crippen LogP contribution is 2.27. The molecule has 0 fully saturated rings. The standard InChI is InChI=1S/C13H14N2O3/c1-15-7-3-4-9(15)8-14-13(18)10-5-2-6-11(16)12(10)17/h2-7,16-17H,8H2,1H3,(H,14,18). The molecule has 0 aliphatic rings. The zero-order valence-electron chi connectivity index (χ0n) is 9.92. The van der Waals surface area contributed by atoms with E-state index < -0.39 is 11.7 Å². The van der Waals surface area contributed by atoms with E-state index in [0.717, 1.165) is 5.69 Å². The van der Waals surface area contributed by atoms with Gasteiger partial charge in [0.1, 0.15) is 0 Å². The summed E-state index contributed by atoms with van der Waals surface area (Å²) in [6, 6.07) is 8.06. The molecule has 18 heavy (non-hydrogen) atoms. The predicted octanol–water partition coefficient (Wildman–Crippen LogP) is 1.37. The molecule has 1 aromatic heterocycles. The summed E-state index contributed by atoms with van der Waals surface area (Å²) in [6.45, 7) is 0.359. The minimum atomic E-state index is -0.426. The number of phenolic OH excluding ortho intramolecular Hbond substituents is 2. The monoisotopic (exact) mass is 246 g/mol. The van der Waals surface area contributed by atoms with Gasteiger partial charge in [-0.3, -0.25) is 4.79 Å². The van der Waals surface area contributed by atoms with Gasteiger partial charge in [-0.15, -0.1) is 0 Å². The lowest BCUT2D eigenvalue weighted by Crippen LogP contribution is -2.23. The Hall–Kier alpha value is -2.43. The molecule has 0 aliphatic heterocycles. The Labute approximate surface area is 104 Å². The lowest BCUT2D eigenvalue weighted by Gasteiger charge is -2.08. The summed E-state index contributed by atoms with van der Waals surface area (Å²) in [5.41, 5.74) is 1.01. The number of rotatable bonds is 3. The van der Waals surface area contributed by atoms with E-state index in [1.807, 2.05) is 29.9 Å². The number of hydrogen-bond acceptors (Lipinski definition) is 3. The van der Waals surface area contributed by atoms with Gasteiger partial charge in [0.25, 0.3) is 5.91 Å². The molecule has 94 valence electrons. The molecule has 0 bridgehead atoms. The third-order valence-corrected chi connectivity index (χ3v) is 2.74. The fourth-order valence-corrected chi connectivity index (χ4v) is 1.66. The number of para-hydroxylation sites is 1. The number of aromatic hydroxyl groups is 2. The van der Waals surface area contributed by atoms with Crippen LogP contribution < -0.4 is 5.32 Å². The van der Waals surface area contributed by atoms with Crippen LogP contribution >= 0.6 is 0 Å². The highest BCUT2D eigenvalue weighted by molar-refractivity contribution is 5.97. The summed E-state index contributed by atoms with van der Waals surface area (Å²) >= 11 is 0. The van der Waals surface area contributed by atoms with Crippen molar-refractivity contribution >= 4 is 5.91 Å². The molecule has 0 spiro atoms. The van der Waals surface area contributed by atoms with Gasteiger partial charge in [-0.2, -0.15) is 0 Å². The Morgan fingerprint density at radius 3 is 2.72 bits per heavy atom. The number of carbonyl (C=O) groups is 1. The molecule has 5 heteroatoms. The smallest absolute Gasteiger partial charge is 0.255 e. The lowest BCUT2D eigenvalue weighted by molar-refractivity contribution is 0.0947. The van der Waals surface area contributed by atoms with E-state index in [2.05, 4.69) is 5.32 Å². The number of aryl methyl sites for hydroxylation is 1. The van der Waals surface area contributed by atoms with Crippen LogP contribution in [0.25, 0.3) is 0 Å². The molecular weight excluding hydrogens is 232 g/mol. The van der Waals surface area contributed by atoms with E-state index in [-0.39, 0.29) is 11.3 Å². The largest absolute Gasteiger partial charge is 0.504 e. The number of hydrogen-bond donors (Lipinski definition) is 3. The lowest BCUT2D eigenvalue weighted by atomic mass is 10.1. The number of nitrogens with one attached hydrogen (secondary N) is 1. The van der Waals surface area contributed by atoms with Crippen molar-refractivity contribution < 1.29 is 15.0 Å². The second-order valence-corrected chi connectivity index (χ2v) is 3.97. The Balaban J connectivity index is 2.09. The number of aromatic nitrogens is 1. The number of nitrogens with zero attached hydrogens (tertiary/aromatic N) is 1. The first kappa shape index (κ1) is 12.0. The molecule has 2 rings (SSSR count). The van der Waals surface area contributed by atoms with Gasteiger partial charge in [0.15, 0.2) is 11.5 Å². The quantitative estimate of drug-likeness (QED) is 0.716. The van der Waals surface area contributed by atoms with Crippen LogP contribution in [-0.2, 0) is 13.6 Å². The Morgan fingerprint density at radius 2 is 2.06 bits per heavy atom. The summed E-state index contributed by atoms with van der Waals surface area (Å²) in [5.74, 6) is -1.13. The summed E-state index contributed by atoms with van der Waals surface area (Å²) in [5, 5.41) is 21.6. The van der Waals surface area contributed by atoms with Crippen LogP contribution in [0.5, 0.6) is 11.5 Å². The van der Waals surface area contributed by atoms with Crippen molar-refractivity contribution in [3.05, 3.63) is 47.8 Å². The second kappa shape index (κ2) is 4.83. The molecule has 0 unspecified atom stereocenters. The summed E-state index contributed by atoms with van der Waals surface area (Å²) in [7, 11) is 1.88. The predicted molar refractivity (Wildman–Crippen MR) is 66.4 cm³/mol. The third-order valence-electron chi connectivity index (χ3n) is 2.74. The van der Waals surface area contributed by atoms with Gasteiger partial charge in [-0.05, 0) is 24.3 Å². The van der Waals surface area contributed by atoms with Gasteiger partial charge in [-0.25, -0.2) is 0 Å². The van der Waals surface area contributed by atoms with E-state index >= 15 is 0 Å². The first-order chi connectivity index (χ1) is 8.59. The molecule has 3 N–H and O–H groups in total. The minimum Gasteiger partial charge on any atom is -0.504 e. The normalized spacial score (nSPS) is 10.3. The highest BCUT2D eigenvalue weighted by Gasteiger charge is 2.13. The molecule has 0 saturated heterocycles. The summed E-state index contributed by atoms with van der Waals surface area (Å²) < 4.78 is 1.89. The van der Waals surface area contributed by atoms with Gasteiger partial charge in [0.05, 0.1) is 12.1 Å². The van der Waals surface area contributed by atoms with E-state index in [4.69, 9.17) is 0 Å². The molecular formula is C13H14N2O3. The second-order valence-electron chi connectivity index (χ2n) is 3.97. The third kappa shape index (κ3) is 2.29. The van der Waals surface area contributed by atoms with E-state index in [1.54, 1.807) is 0 Å². The molecule has 2 aromatic rings. The van der Waals surface area contributed by atoms with Gasteiger partial charge in [-0.1, -0.05) is 6.07 Å². The number of carbonyl (C=O) groups excluding carboxylic acids is 1. The van der Waals surface area contributed by atoms with Crippen LogP contribution in [0.3, 0.4) is 0 Å². The van der Waals surface area contributed by atoms with Crippen molar-refractivity contribution in [3.8, 4) is 11.5 Å². The SMILES string of the molecule is Cn1cccc1CNC(=O)c1cccc(O)c1O. The number of benzene rings is 1. The molecule has 5 nitrogen and oxygen atoms in total. The summed E-state index contributed by atoms with van der Waals surface area (Å²) in [4.78, 5) is 11.8. The molecule has 0 saturated carbocycles. The molecule has 0 radical (unpaired) electrons.